The van der Waals surface area contributed by atoms with Crippen molar-refractivity contribution in [2.75, 3.05) is 26.2 Å². The van der Waals surface area contributed by atoms with Gasteiger partial charge in [-0.1, -0.05) is 0 Å². The first-order chi connectivity index (χ1) is 7.81. The largest absolute Gasteiger partial charge is 0.298 e. The molecule has 0 amide bonds. The molecule has 1 atom stereocenters. The number of fused-ring (bicyclic) bond motifs is 1. The molecule has 2 aliphatic heterocycles. The van der Waals surface area contributed by atoms with Crippen LogP contribution in [0.5, 0.6) is 0 Å². The molecule has 0 radical (unpaired) electrons. The molecule has 2 fully saturated rings. The number of hydrogen-bond donors (Lipinski definition) is 0. The molecule has 2 aliphatic rings. The SMILES string of the molecule is Cc1csc(CN2CCN3CCCC3C2)n1. The quantitative estimate of drug-likeness (QED) is 0.781. The van der Waals surface area contributed by atoms with Crippen LogP contribution in [-0.4, -0.2) is 47.0 Å². The fourth-order valence-electron chi connectivity index (χ4n) is 2.87. The van der Waals surface area contributed by atoms with E-state index in [0.717, 1.165) is 12.6 Å². The van der Waals surface area contributed by atoms with Crippen LogP contribution in [0.3, 0.4) is 0 Å². The van der Waals surface area contributed by atoms with Gasteiger partial charge in [-0.2, -0.15) is 0 Å². The second kappa shape index (κ2) is 4.43. The molecule has 3 nitrogen and oxygen atoms in total. The minimum atomic E-state index is 0.829. The van der Waals surface area contributed by atoms with Crippen molar-refractivity contribution >= 4 is 11.3 Å². The fraction of sp³-hybridized carbons (Fsp3) is 0.750. The van der Waals surface area contributed by atoms with Gasteiger partial charge in [-0.3, -0.25) is 9.80 Å². The average Bonchev–Trinajstić information content (AvgIpc) is 2.87. The van der Waals surface area contributed by atoms with Crippen LogP contribution in [0, 0.1) is 6.92 Å². The van der Waals surface area contributed by atoms with E-state index in [0.29, 0.717) is 0 Å². The molecule has 0 aromatic carbocycles. The first kappa shape index (κ1) is 10.7. The topological polar surface area (TPSA) is 19.4 Å². The van der Waals surface area contributed by atoms with Gasteiger partial charge in [-0.05, 0) is 26.3 Å². The standard InChI is InChI=1S/C12H19N3S/c1-10-9-16-12(13-10)8-14-5-6-15-4-2-3-11(15)7-14/h9,11H,2-8H2,1H3. The monoisotopic (exact) mass is 237 g/mol. The van der Waals surface area contributed by atoms with E-state index in [1.165, 1.54) is 49.7 Å². The highest BCUT2D eigenvalue weighted by atomic mass is 32.1. The molecule has 3 rings (SSSR count). The zero-order valence-electron chi connectivity index (χ0n) is 9.85. The van der Waals surface area contributed by atoms with E-state index in [4.69, 9.17) is 0 Å². The zero-order valence-corrected chi connectivity index (χ0v) is 10.7. The lowest BCUT2D eigenvalue weighted by atomic mass is 10.1. The number of hydrogen-bond acceptors (Lipinski definition) is 4. The van der Waals surface area contributed by atoms with E-state index in [-0.39, 0.29) is 0 Å². The normalized spacial score (nSPS) is 27.2. The Balaban J connectivity index is 1.60. The third-order valence-corrected chi connectivity index (χ3v) is 4.65. The maximum Gasteiger partial charge on any atom is 0.107 e. The first-order valence-corrected chi connectivity index (χ1v) is 7.06. The first-order valence-electron chi connectivity index (χ1n) is 6.19. The Hall–Kier alpha value is -0.450. The van der Waals surface area contributed by atoms with E-state index in [1.54, 1.807) is 11.3 Å². The van der Waals surface area contributed by atoms with Crippen molar-refractivity contribution in [3.05, 3.63) is 16.1 Å². The molecule has 0 aliphatic carbocycles. The number of thiazole rings is 1. The van der Waals surface area contributed by atoms with Gasteiger partial charge in [0, 0.05) is 36.8 Å². The Morgan fingerprint density at radius 3 is 3.19 bits per heavy atom. The third-order valence-electron chi connectivity index (χ3n) is 3.70. The van der Waals surface area contributed by atoms with Crippen LogP contribution in [0.4, 0.5) is 0 Å². The Morgan fingerprint density at radius 1 is 1.44 bits per heavy atom. The molecular weight excluding hydrogens is 218 g/mol. The summed E-state index contributed by atoms with van der Waals surface area (Å²) in [4.78, 5) is 9.78. The van der Waals surface area contributed by atoms with Crippen LogP contribution in [0.2, 0.25) is 0 Å². The Kier molecular flexibility index (Phi) is 2.96. The molecule has 16 heavy (non-hydrogen) atoms. The van der Waals surface area contributed by atoms with Gasteiger partial charge in [0.15, 0.2) is 0 Å². The minimum Gasteiger partial charge on any atom is -0.298 e. The van der Waals surface area contributed by atoms with Gasteiger partial charge in [-0.25, -0.2) is 4.98 Å². The molecule has 0 bridgehead atoms. The summed E-state index contributed by atoms with van der Waals surface area (Å²) in [5.74, 6) is 0. The molecule has 88 valence electrons. The van der Waals surface area contributed by atoms with Crippen molar-refractivity contribution in [3.63, 3.8) is 0 Å². The molecule has 1 aromatic heterocycles. The van der Waals surface area contributed by atoms with Gasteiger partial charge in [-0.15, -0.1) is 11.3 Å². The molecule has 0 spiro atoms. The Bertz CT molecular complexity index is 363. The lowest BCUT2D eigenvalue weighted by Crippen LogP contribution is -2.49. The molecule has 1 aromatic rings. The second-order valence-corrected chi connectivity index (χ2v) is 5.89. The van der Waals surface area contributed by atoms with Gasteiger partial charge in [0.2, 0.25) is 0 Å². The summed E-state index contributed by atoms with van der Waals surface area (Å²) < 4.78 is 0. The molecular formula is C12H19N3S. The fourth-order valence-corrected chi connectivity index (χ4v) is 3.68. The van der Waals surface area contributed by atoms with Gasteiger partial charge < -0.3 is 0 Å². The Labute approximate surface area is 101 Å². The Morgan fingerprint density at radius 2 is 2.38 bits per heavy atom. The summed E-state index contributed by atoms with van der Waals surface area (Å²) in [6.45, 7) is 8.19. The van der Waals surface area contributed by atoms with Gasteiger partial charge in [0.25, 0.3) is 0 Å². The van der Waals surface area contributed by atoms with E-state index in [9.17, 15) is 0 Å². The number of nitrogens with zero attached hydrogens (tertiary/aromatic N) is 3. The lowest BCUT2D eigenvalue weighted by Gasteiger charge is -2.37. The van der Waals surface area contributed by atoms with Crippen LogP contribution in [-0.2, 0) is 6.54 Å². The molecule has 4 heteroatoms. The van der Waals surface area contributed by atoms with Crippen molar-refractivity contribution in [3.8, 4) is 0 Å². The number of piperazine rings is 1. The van der Waals surface area contributed by atoms with Gasteiger partial charge in [0.1, 0.15) is 5.01 Å². The summed E-state index contributed by atoms with van der Waals surface area (Å²) in [6, 6.07) is 0.829. The van der Waals surface area contributed by atoms with Gasteiger partial charge >= 0.3 is 0 Å². The van der Waals surface area contributed by atoms with Crippen LogP contribution in [0.1, 0.15) is 23.5 Å². The predicted octanol–water partition coefficient (Wildman–Crippen LogP) is 1.73. The van der Waals surface area contributed by atoms with Crippen molar-refractivity contribution in [1.82, 2.24) is 14.8 Å². The number of aromatic nitrogens is 1. The van der Waals surface area contributed by atoms with Crippen molar-refractivity contribution < 1.29 is 0 Å². The van der Waals surface area contributed by atoms with Crippen molar-refractivity contribution in [1.29, 1.82) is 0 Å². The summed E-state index contributed by atoms with van der Waals surface area (Å²) in [5, 5.41) is 3.44. The van der Waals surface area contributed by atoms with Crippen LogP contribution in [0.25, 0.3) is 0 Å². The van der Waals surface area contributed by atoms with Crippen LogP contribution >= 0.6 is 11.3 Å². The molecule has 3 heterocycles. The second-order valence-electron chi connectivity index (χ2n) is 4.95. The van der Waals surface area contributed by atoms with Crippen molar-refractivity contribution in [2.45, 2.75) is 32.4 Å². The molecule has 0 saturated carbocycles. The predicted molar refractivity (Wildman–Crippen MR) is 66.7 cm³/mol. The maximum atomic E-state index is 4.55. The zero-order chi connectivity index (χ0) is 11.0. The maximum absolute atomic E-state index is 4.55. The number of rotatable bonds is 2. The third kappa shape index (κ3) is 2.14. The van der Waals surface area contributed by atoms with E-state index in [2.05, 4.69) is 27.1 Å². The average molecular weight is 237 g/mol. The molecule has 0 N–H and O–H groups in total. The lowest BCUT2D eigenvalue weighted by molar-refractivity contribution is 0.0993. The summed E-state index contributed by atoms with van der Waals surface area (Å²) in [5.41, 5.74) is 1.17. The smallest absolute Gasteiger partial charge is 0.107 e. The highest BCUT2D eigenvalue weighted by Gasteiger charge is 2.30. The van der Waals surface area contributed by atoms with Crippen molar-refractivity contribution in [2.24, 2.45) is 0 Å². The van der Waals surface area contributed by atoms with E-state index >= 15 is 0 Å². The molecule has 2 saturated heterocycles. The highest BCUT2D eigenvalue weighted by Crippen LogP contribution is 2.23. The van der Waals surface area contributed by atoms with E-state index in [1.807, 2.05) is 0 Å². The van der Waals surface area contributed by atoms with Crippen LogP contribution < -0.4 is 0 Å². The summed E-state index contributed by atoms with van der Waals surface area (Å²) in [6.07, 6.45) is 2.79. The minimum absolute atomic E-state index is 0.829. The number of aryl methyl sites for hydroxylation is 1. The van der Waals surface area contributed by atoms with Crippen LogP contribution in [0.15, 0.2) is 5.38 Å². The molecule has 1 unspecified atom stereocenters. The van der Waals surface area contributed by atoms with Gasteiger partial charge in [0.05, 0.1) is 6.54 Å². The summed E-state index contributed by atoms with van der Waals surface area (Å²) >= 11 is 1.80. The van der Waals surface area contributed by atoms with E-state index < -0.39 is 0 Å². The summed E-state index contributed by atoms with van der Waals surface area (Å²) in [7, 11) is 0. The highest BCUT2D eigenvalue weighted by molar-refractivity contribution is 7.09.